The summed E-state index contributed by atoms with van der Waals surface area (Å²) in [5.74, 6) is 0.443. The van der Waals surface area contributed by atoms with Gasteiger partial charge in [-0.2, -0.15) is 0 Å². The average Bonchev–Trinajstić information content (AvgIpc) is 2.83. The Morgan fingerprint density at radius 1 is 1.54 bits per heavy atom. The molecule has 0 bridgehead atoms. The summed E-state index contributed by atoms with van der Waals surface area (Å²) in [4.78, 5) is 0. The quantitative estimate of drug-likeness (QED) is 0.645. The summed E-state index contributed by atoms with van der Waals surface area (Å²) in [6.07, 6.45) is 2.28. The molecule has 0 aliphatic heterocycles. The fourth-order valence-corrected chi connectivity index (χ4v) is 1.56. The number of hydrogen-bond donors (Lipinski definition) is 2. The Morgan fingerprint density at radius 3 is 2.54 bits per heavy atom. The summed E-state index contributed by atoms with van der Waals surface area (Å²) in [7, 11) is 1.64. The van der Waals surface area contributed by atoms with Gasteiger partial charge in [0, 0.05) is 19.7 Å². The predicted molar refractivity (Wildman–Crippen MR) is 52.7 cm³/mol. The number of hydrogen-bond acceptors (Lipinski definition) is 3. The van der Waals surface area contributed by atoms with E-state index < -0.39 is 5.60 Å². The molecular weight excluding hydrogens is 166 g/mol. The van der Waals surface area contributed by atoms with Gasteiger partial charge in [-0.1, -0.05) is 13.8 Å². The lowest BCUT2D eigenvalue weighted by Crippen LogP contribution is -2.48. The Hall–Kier alpha value is -0.120. The summed E-state index contributed by atoms with van der Waals surface area (Å²) in [5, 5.41) is 13.5. The van der Waals surface area contributed by atoms with E-state index in [2.05, 4.69) is 19.2 Å². The smallest absolute Gasteiger partial charge is 0.103 e. The first-order valence-corrected chi connectivity index (χ1v) is 5.03. The summed E-state index contributed by atoms with van der Waals surface area (Å²) in [5.41, 5.74) is -0.640. The van der Waals surface area contributed by atoms with E-state index in [-0.39, 0.29) is 0 Å². The molecule has 0 aromatic rings. The number of methoxy groups -OCH3 is 1. The molecule has 0 heterocycles. The molecule has 3 heteroatoms. The minimum absolute atomic E-state index is 0.419. The Balaban J connectivity index is 2.36. The van der Waals surface area contributed by atoms with Gasteiger partial charge >= 0.3 is 0 Å². The molecule has 1 rings (SSSR count). The van der Waals surface area contributed by atoms with Gasteiger partial charge in [-0.05, 0) is 18.8 Å². The van der Waals surface area contributed by atoms with Gasteiger partial charge in [0.15, 0.2) is 0 Å². The van der Waals surface area contributed by atoms with Crippen LogP contribution in [0.2, 0.25) is 0 Å². The van der Waals surface area contributed by atoms with Crippen molar-refractivity contribution in [2.45, 2.75) is 38.3 Å². The lowest BCUT2D eigenvalue weighted by atomic mass is 9.98. The fourth-order valence-electron chi connectivity index (χ4n) is 1.56. The van der Waals surface area contributed by atoms with E-state index in [1.165, 1.54) is 0 Å². The zero-order chi connectivity index (χ0) is 9.90. The van der Waals surface area contributed by atoms with Gasteiger partial charge in [-0.25, -0.2) is 0 Å². The molecule has 1 aliphatic carbocycles. The van der Waals surface area contributed by atoms with Crippen LogP contribution >= 0.6 is 0 Å². The van der Waals surface area contributed by atoms with Crippen molar-refractivity contribution >= 4 is 0 Å². The minimum atomic E-state index is -0.640. The molecule has 1 aliphatic rings. The van der Waals surface area contributed by atoms with Gasteiger partial charge in [-0.3, -0.25) is 0 Å². The van der Waals surface area contributed by atoms with Crippen LogP contribution in [0.3, 0.4) is 0 Å². The predicted octanol–water partition coefficient (Wildman–Crippen LogP) is 0.772. The second kappa shape index (κ2) is 4.40. The van der Waals surface area contributed by atoms with Crippen molar-refractivity contribution in [3.8, 4) is 0 Å². The topological polar surface area (TPSA) is 41.5 Å². The van der Waals surface area contributed by atoms with E-state index in [0.29, 0.717) is 25.1 Å². The third kappa shape index (κ3) is 3.25. The molecule has 0 aromatic carbocycles. The van der Waals surface area contributed by atoms with E-state index in [9.17, 15) is 5.11 Å². The van der Waals surface area contributed by atoms with Gasteiger partial charge < -0.3 is 15.2 Å². The highest BCUT2D eigenvalue weighted by Crippen LogP contribution is 2.39. The number of aliphatic hydroxyl groups is 1. The number of ether oxygens (including phenoxy) is 1. The number of nitrogens with one attached hydrogen (secondary N) is 1. The van der Waals surface area contributed by atoms with Gasteiger partial charge in [0.05, 0.1) is 6.61 Å². The molecule has 0 radical (unpaired) electrons. The van der Waals surface area contributed by atoms with Crippen molar-refractivity contribution in [1.82, 2.24) is 5.32 Å². The van der Waals surface area contributed by atoms with Crippen molar-refractivity contribution in [1.29, 1.82) is 0 Å². The van der Waals surface area contributed by atoms with Crippen molar-refractivity contribution in [2.75, 3.05) is 20.3 Å². The van der Waals surface area contributed by atoms with Gasteiger partial charge in [0.2, 0.25) is 0 Å². The van der Waals surface area contributed by atoms with Crippen LogP contribution in [0.25, 0.3) is 0 Å². The standard InChI is InChI=1S/C10H21NO2/c1-8(2)11-6-10(12,7-13-3)9-4-5-9/h8-9,11-12H,4-7H2,1-3H3. The second-order valence-corrected chi connectivity index (χ2v) is 4.35. The third-order valence-corrected chi connectivity index (χ3v) is 2.55. The number of rotatable bonds is 6. The van der Waals surface area contributed by atoms with Crippen LogP contribution in [0.5, 0.6) is 0 Å². The van der Waals surface area contributed by atoms with E-state index >= 15 is 0 Å². The van der Waals surface area contributed by atoms with Crippen LogP contribution in [0.4, 0.5) is 0 Å². The van der Waals surface area contributed by atoms with E-state index in [0.717, 1.165) is 12.8 Å². The molecule has 0 saturated heterocycles. The molecular formula is C10H21NO2. The van der Waals surface area contributed by atoms with Crippen molar-refractivity contribution < 1.29 is 9.84 Å². The van der Waals surface area contributed by atoms with E-state index in [1.54, 1.807) is 7.11 Å². The Bertz CT molecular complexity index is 157. The van der Waals surface area contributed by atoms with Crippen LogP contribution in [0.15, 0.2) is 0 Å². The van der Waals surface area contributed by atoms with Crippen LogP contribution in [-0.4, -0.2) is 37.0 Å². The monoisotopic (exact) mass is 187 g/mol. The highest BCUT2D eigenvalue weighted by atomic mass is 16.5. The van der Waals surface area contributed by atoms with Gasteiger partial charge in [-0.15, -0.1) is 0 Å². The van der Waals surface area contributed by atoms with Gasteiger partial charge in [0.1, 0.15) is 5.60 Å². The molecule has 0 amide bonds. The highest BCUT2D eigenvalue weighted by molar-refractivity contribution is 4.96. The first-order chi connectivity index (χ1) is 6.08. The minimum Gasteiger partial charge on any atom is -0.386 e. The largest absolute Gasteiger partial charge is 0.386 e. The third-order valence-electron chi connectivity index (χ3n) is 2.55. The Labute approximate surface area is 80.5 Å². The van der Waals surface area contributed by atoms with Crippen LogP contribution in [-0.2, 0) is 4.74 Å². The maximum atomic E-state index is 10.2. The Morgan fingerprint density at radius 2 is 2.15 bits per heavy atom. The maximum Gasteiger partial charge on any atom is 0.103 e. The fraction of sp³-hybridized carbons (Fsp3) is 1.00. The van der Waals surface area contributed by atoms with E-state index in [4.69, 9.17) is 4.74 Å². The summed E-state index contributed by atoms with van der Waals surface area (Å²) in [6, 6.07) is 0.419. The lowest BCUT2D eigenvalue weighted by Gasteiger charge is -2.28. The molecule has 3 nitrogen and oxygen atoms in total. The molecule has 0 aromatic heterocycles. The molecule has 78 valence electrons. The van der Waals surface area contributed by atoms with E-state index in [1.807, 2.05) is 0 Å². The van der Waals surface area contributed by atoms with Crippen LogP contribution < -0.4 is 5.32 Å². The molecule has 13 heavy (non-hydrogen) atoms. The molecule has 1 saturated carbocycles. The first-order valence-electron chi connectivity index (χ1n) is 5.03. The summed E-state index contributed by atoms with van der Waals surface area (Å²) in [6.45, 7) is 5.25. The van der Waals surface area contributed by atoms with Crippen molar-refractivity contribution in [3.63, 3.8) is 0 Å². The van der Waals surface area contributed by atoms with Crippen molar-refractivity contribution in [3.05, 3.63) is 0 Å². The zero-order valence-corrected chi connectivity index (χ0v) is 8.84. The molecule has 1 fully saturated rings. The molecule has 1 unspecified atom stereocenters. The summed E-state index contributed by atoms with van der Waals surface area (Å²) < 4.78 is 5.05. The van der Waals surface area contributed by atoms with Crippen molar-refractivity contribution in [2.24, 2.45) is 5.92 Å². The zero-order valence-electron chi connectivity index (χ0n) is 8.84. The van der Waals surface area contributed by atoms with Gasteiger partial charge in [0.25, 0.3) is 0 Å². The second-order valence-electron chi connectivity index (χ2n) is 4.35. The van der Waals surface area contributed by atoms with Crippen LogP contribution in [0, 0.1) is 5.92 Å². The first kappa shape index (κ1) is 11.0. The highest BCUT2D eigenvalue weighted by Gasteiger charge is 2.43. The van der Waals surface area contributed by atoms with Crippen LogP contribution in [0.1, 0.15) is 26.7 Å². The average molecular weight is 187 g/mol. The molecule has 0 spiro atoms. The normalized spacial score (nSPS) is 21.9. The SMILES string of the molecule is COCC(O)(CNC(C)C)C1CC1. The molecule has 1 atom stereocenters. The molecule has 2 N–H and O–H groups in total. The lowest BCUT2D eigenvalue weighted by molar-refractivity contribution is -0.0473. The Kier molecular flexibility index (Phi) is 3.71. The maximum absolute atomic E-state index is 10.2. The summed E-state index contributed by atoms with van der Waals surface area (Å²) >= 11 is 0.